The Labute approximate surface area is 108 Å². The second kappa shape index (κ2) is 4.39. The molecule has 0 saturated heterocycles. The van der Waals surface area contributed by atoms with Gasteiger partial charge in [-0.25, -0.2) is 13.8 Å². The predicted octanol–water partition coefficient (Wildman–Crippen LogP) is 3.88. The first-order valence-electron chi connectivity index (χ1n) is 5.82. The Morgan fingerprint density at radius 1 is 1.11 bits per heavy atom. The van der Waals surface area contributed by atoms with Gasteiger partial charge in [0, 0.05) is 35.0 Å². The number of halogens is 2. The van der Waals surface area contributed by atoms with Crippen LogP contribution in [0.15, 0.2) is 42.7 Å². The number of aromatic nitrogens is 2. The van der Waals surface area contributed by atoms with Crippen molar-refractivity contribution < 1.29 is 8.78 Å². The lowest BCUT2D eigenvalue weighted by Crippen LogP contribution is -1.96. The highest BCUT2D eigenvalue weighted by molar-refractivity contribution is 5.84. The fourth-order valence-electron chi connectivity index (χ4n) is 2.08. The molecule has 0 bridgehead atoms. The average Bonchev–Trinajstić information content (AvgIpc) is 2.43. The van der Waals surface area contributed by atoms with Crippen LogP contribution in [0.2, 0.25) is 0 Å². The second-order valence-electron chi connectivity index (χ2n) is 4.30. The zero-order valence-electron chi connectivity index (χ0n) is 10.2. The van der Waals surface area contributed by atoms with Crippen LogP contribution in [0.5, 0.6) is 0 Å². The fraction of sp³-hybridized carbons (Fsp3) is 0.0667. The van der Waals surface area contributed by atoms with Gasteiger partial charge in [0.25, 0.3) is 0 Å². The molecule has 4 heteroatoms. The Morgan fingerprint density at radius 2 is 1.95 bits per heavy atom. The Bertz CT molecular complexity index is 755. The molecule has 0 saturated carbocycles. The molecular weight excluding hydrogens is 246 g/mol. The number of rotatable bonds is 1. The van der Waals surface area contributed by atoms with E-state index in [1.807, 2.05) is 0 Å². The van der Waals surface area contributed by atoms with Crippen LogP contribution in [-0.4, -0.2) is 9.97 Å². The molecule has 0 N–H and O–H groups in total. The summed E-state index contributed by atoms with van der Waals surface area (Å²) in [7, 11) is 0. The van der Waals surface area contributed by atoms with Crippen molar-refractivity contribution in [3.8, 4) is 11.3 Å². The zero-order valence-corrected chi connectivity index (χ0v) is 10.2. The Hall–Kier alpha value is -2.36. The average molecular weight is 256 g/mol. The van der Waals surface area contributed by atoms with E-state index in [9.17, 15) is 8.78 Å². The molecule has 0 aliphatic rings. The van der Waals surface area contributed by atoms with Gasteiger partial charge in [-0.15, -0.1) is 0 Å². The summed E-state index contributed by atoms with van der Waals surface area (Å²) in [4.78, 5) is 8.34. The third kappa shape index (κ3) is 1.95. The molecule has 0 aliphatic heterocycles. The number of fused-ring (bicyclic) bond motifs is 1. The summed E-state index contributed by atoms with van der Waals surface area (Å²) in [5, 5.41) is 0.326. The highest BCUT2D eigenvalue weighted by atomic mass is 19.1. The molecular formula is C15H10F2N2. The summed E-state index contributed by atoms with van der Waals surface area (Å²) in [5.74, 6) is -0.802. The van der Waals surface area contributed by atoms with Gasteiger partial charge in [0.1, 0.15) is 11.6 Å². The quantitative estimate of drug-likeness (QED) is 0.660. The van der Waals surface area contributed by atoms with E-state index in [2.05, 4.69) is 9.97 Å². The molecule has 0 amide bonds. The van der Waals surface area contributed by atoms with E-state index in [-0.39, 0.29) is 5.82 Å². The lowest BCUT2D eigenvalue weighted by molar-refractivity contribution is 0.622. The maximum Gasteiger partial charge on any atom is 0.137 e. The van der Waals surface area contributed by atoms with Crippen LogP contribution in [-0.2, 0) is 0 Å². The number of benzene rings is 1. The molecule has 0 radical (unpaired) electrons. The summed E-state index contributed by atoms with van der Waals surface area (Å²) in [6.45, 7) is 1.66. The maximum absolute atomic E-state index is 14.3. The first-order chi connectivity index (χ1) is 9.16. The van der Waals surface area contributed by atoms with Gasteiger partial charge < -0.3 is 0 Å². The third-order valence-electron chi connectivity index (χ3n) is 3.05. The number of hydrogen-bond acceptors (Lipinski definition) is 2. The van der Waals surface area contributed by atoms with Gasteiger partial charge in [0.05, 0.1) is 11.2 Å². The minimum absolute atomic E-state index is 0.307. The molecule has 2 nitrogen and oxygen atoms in total. The molecule has 0 unspecified atom stereocenters. The first-order valence-corrected chi connectivity index (χ1v) is 5.82. The Balaban J connectivity index is 2.35. The minimum Gasteiger partial charge on any atom is -0.264 e. The van der Waals surface area contributed by atoms with Crippen LogP contribution < -0.4 is 0 Å². The van der Waals surface area contributed by atoms with E-state index in [0.717, 1.165) is 0 Å². The van der Waals surface area contributed by atoms with Crippen LogP contribution in [0.1, 0.15) is 5.56 Å². The number of hydrogen-bond donors (Lipinski definition) is 0. The highest BCUT2D eigenvalue weighted by Crippen LogP contribution is 2.28. The maximum atomic E-state index is 14.3. The van der Waals surface area contributed by atoms with Gasteiger partial charge in [0.15, 0.2) is 0 Å². The van der Waals surface area contributed by atoms with Crippen LogP contribution >= 0.6 is 0 Å². The number of pyridine rings is 2. The van der Waals surface area contributed by atoms with E-state index in [0.29, 0.717) is 27.7 Å². The summed E-state index contributed by atoms with van der Waals surface area (Å²) < 4.78 is 27.5. The van der Waals surface area contributed by atoms with Crippen LogP contribution in [0.3, 0.4) is 0 Å². The van der Waals surface area contributed by atoms with Gasteiger partial charge in [-0.05, 0) is 31.2 Å². The van der Waals surface area contributed by atoms with Gasteiger partial charge in [-0.2, -0.15) is 0 Å². The van der Waals surface area contributed by atoms with E-state index >= 15 is 0 Å². The summed E-state index contributed by atoms with van der Waals surface area (Å²) >= 11 is 0. The van der Waals surface area contributed by atoms with Crippen molar-refractivity contribution in [3.05, 3.63) is 59.9 Å². The highest BCUT2D eigenvalue weighted by Gasteiger charge is 2.13. The topological polar surface area (TPSA) is 25.8 Å². The van der Waals surface area contributed by atoms with Crippen LogP contribution in [0.25, 0.3) is 22.2 Å². The SMILES string of the molecule is Cc1c(-c2cccnc2)nc2cc(F)ccc2c1F. The molecule has 3 aromatic rings. The summed E-state index contributed by atoms with van der Waals surface area (Å²) in [6.07, 6.45) is 3.25. The molecule has 2 aromatic heterocycles. The Morgan fingerprint density at radius 3 is 2.68 bits per heavy atom. The van der Waals surface area contributed by atoms with Gasteiger partial charge in [0.2, 0.25) is 0 Å². The molecule has 19 heavy (non-hydrogen) atoms. The normalized spacial score (nSPS) is 10.9. The predicted molar refractivity (Wildman–Crippen MR) is 69.6 cm³/mol. The van der Waals surface area contributed by atoms with Crippen molar-refractivity contribution in [2.24, 2.45) is 0 Å². The van der Waals surface area contributed by atoms with Crippen molar-refractivity contribution in [2.75, 3.05) is 0 Å². The van der Waals surface area contributed by atoms with Crippen molar-refractivity contribution in [2.45, 2.75) is 6.92 Å². The molecule has 3 rings (SSSR count). The fourth-order valence-corrected chi connectivity index (χ4v) is 2.08. The molecule has 2 heterocycles. The smallest absolute Gasteiger partial charge is 0.137 e. The lowest BCUT2D eigenvalue weighted by atomic mass is 10.0. The van der Waals surface area contributed by atoms with E-state index in [4.69, 9.17) is 0 Å². The molecule has 1 aromatic carbocycles. The minimum atomic E-state index is -0.430. The first kappa shape index (κ1) is 11.7. The van der Waals surface area contributed by atoms with Gasteiger partial charge in [-0.3, -0.25) is 4.98 Å². The van der Waals surface area contributed by atoms with Crippen molar-refractivity contribution in [3.63, 3.8) is 0 Å². The Kier molecular flexibility index (Phi) is 2.71. The van der Waals surface area contributed by atoms with Crippen molar-refractivity contribution in [1.29, 1.82) is 0 Å². The summed E-state index contributed by atoms with van der Waals surface area (Å²) in [5.41, 5.74) is 1.95. The summed E-state index contributed by atoms with van der Waals surface area (Å²) in [6, 6.07) is 7.43. The monoisotopic (exact) mass is 256 g/mol. The largest absolute Gasteiger partial charge is 0.264 e. The lowest BCUT2D eigenvalue weighted by Gasteiger charge is -2.09. The molecule has 0 spiro atoms. The molecule has 94 valence electrons. The van der Waals surface area contributed by atoms with E-state index in [1.165, 1.54) is 18.2 Å². The third-order valence-corrected chi connectivity index (χ3v) is 3.05. The van der Waals surface area contributed by atoms with Crippen molar-refractivity contribution in [1.82, 2.24) is 9.97 Å². The van der Waals surface area contributed by atoms with Crippen LogP contribution in [0, 0.1) is 18.6 Å². The standard InChI is InChI=1S/C15H10F2N2/c1-9-14(17)12-5-4-11(16)7-13(12)19-15(9)10-3-2-6-18-8-10/h2-8H,1H3. The van der Waals surface area contributed by atoms with E-state index < -0.39 is 5.82 Å². The number of nitrogens with zero attached hydrogens (tertiary/aromatic N) is 2. The zero-order chi connectivity index (χ0) is 13.4. The molecule has 0 aliphatic carbocycles. The van der Waals surface area contributed by atoms with E-state index in [1.54, 1.807) is 31.5 Å². The molecule has 0 atom stereocenters. The molecule has 0 fully saturated rings. The second-order valence-corrected chi connectivity index (χ2v) is 4.30. The van der Waals surface area contributed by atoms with Crippen molar-refractivity contribution >= 4 is 10.9 Å². The van der Waals surface area contributed by atoms with Crippen LogP contribution in [0.4, 0.5) is 8.78 Å². The van der Waals surface area contributed by atoms with Gasteiger partial charge >= 0.3 is 0 Å². The van der Waals surface area contributed by atoms with Gasteiger partial charge in [-0.1, -0.05) is 0 Å².